The minimum atomic E-state index is 0.111. The van der Waals surface area contributed by atoms with Gasteiger partial charge in [0.15, 0.2) is 0 Å². The number of pyridine rings is 2. The Morgan fingerprint density at radius 2 is 1.92 bits per heavy atom. The third-order valence-corrected chi connectivity index (χ3v) is 5.45. The lowest BCUT2D eigenvalue weighted by molar-refractivity contribution is -0.131. The van der Waals surface area contributed by atoms with Crippen LogP contribution < -0.4 is 0 Å². The molecule has 26 heavy (non-hydrogen) atoms. The Morgan fingerprint density at radius 3 is 2.65 bits per heavy atom. The molecule has 0 aliphatic carbocycles. The highest BCUT2D eigenvalue weighted by Crippen LogP contribution is 2.31. The van der Waals surface area contributed by atoms with E-state index in [1.54, 1.807) is 12.4 Å². The Labute approximate surface area is 155 Å². The number of hydrogen-bond donors (Lipinski definition) is 0. The highest BCUT2D eigenvalue weighted by molar-refractivity contribution is 5.79. The topological polar surface area (TPSA) is 49.3 Å². The van der Waals surface area contributed by atoms with Gasteiger partial charge >= 0.3 is 0 Å². The summed E-state index contributed by atoms with van der Waals surface area (Å²) in [6.45, 7) is 4.20. The largest absolute Gasteiger partial charge is 0.334 e. The summed E-state index contributed by atoms with van der Waals surface area (Å²) in [6, 6.07) is 8.25. The first-order valence-electron chi connectivity index (χ1n) is 9.65. The maximum absolute atomic E-state index is 12.8. The van der Waals surface area contributed by atoms with Crippen molar-refractivity contribution in [1.82, 2.24) is 19.8 Å². The van der Waals surface area contributed by atoms with E-state index < -0.39 is 0 Å². The van der Waals surface area contributed by atoms with Crippen LogP contribution in [0.5, 0.6) is 0 Å². The molecule has 1 atom stereocenters. The van der Waals surface area contributed by atoms with Crippen molar-refractivity contribution >= 4 is 5.91 Å². The quantitative estimate of drug-likeness (QED) is 0.832. The highest BCUT2D eigenvalue weighted by Gasteiger charge is 2.30. The van der Waals surface area contributed by atoms with E-state index in [0.717, 1.165) is 37.2 Å². The van der Waals surface area contributed by atoms with Crippen LogP contribution in [0, 0.1) is 0 Å². The summed E-state index contributed by atoms with van der Waals surface area (Å²) < 4.78 is 0. The molecule has 2 aliphatic rings. The van der Waals surface area contributed by atoms with Crippen LogP contribution in [0.15, 0.2) is 42.9 Å². The number of hydrogen-bond acceptors (Lipinski definition) is 4. The number of aromatic nitrogens is 2. The Hall–Kier alpha value is -2.27. The molecular formula is C21H26N4O. The number of rotatable bonds is 5. The molecule has 0 radical (unpaired) electrons. The van der Waals surface area contributed by atoms with E-state index in [4.69, 9.17) is 4.98 Å². The molecule has 2 aliphatic heterocycles. The average molecular weight is 350 g/mol. The number of carbonyl (C=O) groups is 1. The minimum absolute atomic E-state index is 0.111. The molecule has 0 saturated carbocycles. The van der Waals surface area contributed by atoms with E-state index >= 15 is 0 Å². The summed E-state index contributed by atoms with van der Waals surface area (Å²) >= 11 is 0. The Kier molecular flexibility index (Phi) is 5.25. The molecular weight excluding hydrogens is 324 g/mol. The molecule has 1 amide bonds. The van der Waals surface area contributed by atoms with Crippen molar-refractivity contribution in [1.29, 1.82) is 0 Å². The Morgan fingerprint density at radius 1 is 1.04 bits per heavy atom. The SMILES string of the molecule is O=C(Cc1cccnc1)N1CCC[C@@H]1c1ccc(CN2CCCC2)cn1. The molecule has 5 heteroatoms. The van der Waals surface area contributed by atoms with E-state index in [-0.39, 0.29) is 11.9 Å². The zero-order valence-electron chi connectivity index (χ0n) is 15.2. The van der Waals surface area contributed by atoms with Gasteiger partial charge in [-0.15, -0.1) is 0 Å². The van der Waals surface area contributed by atoms with Crippen molar-refractivity contribution in [2.45, 2.75) is 44.7 Å². The van der Waals surface area contributed by atoms with Crippen LogP contribution >= 0.6 is 0 Å². The standard InChI is InChI=1S/C21H26N4O/c26-21(13-17-5-3-9-22-14-17)25-12-4-6-20(25)19-8-7-18(15-23-19)16-24-10-1-2-11-24/h3,5,7-9,14-15,20H,1-2,4,6,10-13,16H2/t20-/m1/s1. The molecule has 136 valence electrons. The van der Waals surface area contributed by atoms with Gasteiger partial charge in [0.25, 0.3) is 0 Å². The van der Waals surface area contributed by atoms with Gasteiger partial charge < -0.3 is 4.90 Å². The van der Waals surface area contributed by atoms with Crippen LogP contribution in [0.25, 0.3) is 0 Å². The molecule has 2 aromatic rings. The summed E-state index contributed by atoms with van der Waals surface area (Å²) in [5.74, 6) is 0.170. The molecule has 0 aromatic carbocycles. The molecule has 0 N–H and O–H groups in total. The smallest absolute Gasteiger partial charge is 0.227 e. The number of amides is 1. The first kappa shape index (κ1) is 17.2. The van der Waals surface area contributed by atoms with Gasteiger partial charge in [-0.2, -0.15) is 0 Å². The van der Waals surface area contributed by atoms with Crippen LogP contribution in [0.4, 0.5) is 0 Å². The van der Waals surface area contributed by atoms with Gasteiger partial charge in [-0.1, -0.05) is 12.1 Å². The fourth-order valence-corrected chi connectivity index (χ4v) is 4.08. The van der Waals surface area contributed by atoms with Crippen molar-refractivity contribution in [3.63, 3.8) is 0 Å². The monoisotopic (exact) mass is 350 g/mol. The highest BCUT2D eigenvalue weighted by atomic mass is 16.2. The summed E-state index contributed by atoms with van der Waals surface area (Å²) in [7, 11) is 0. The van der Waals surface area contributed by atoms with Crippen molar-refractivity contribution < 1.29 is 4.79 Å². The van der Waals surface area contributed by atoms with E-state index in [9.17, 15) is 4.79 Å². The van der Waals surface area contributed by atoms with Gasteiger partial charge in [0.2, 0.25) is 5.91 Å². The molecule has 0 unspecified atom stereocenters. The van der Waals surface area contributed by atoms with Crippen LogP contribution in [-0.4, -0.2) is 45.3 Å². The second-order valence-corrected chi connectivity index (χ2v) is 7.36. The van der Waals surface area contributed by atoms with Crippen LogP contribution in [0.2, 0.25) is 0 Å². The van der Waals surface area contributed by atoms with Crippen LogP contribution in [0.3, 0.4) is 0 Å². The first-order valence-corrected chi connectivity index (χ1v) is 9.65. The lowest BCUT2D eigenvalue weighted by Gasteiger charge is -2.24. The van der Waals surface area contributed by atoms with Crippen LogP contribution in [-0.2, 0) is 17.8 Å². The first-order chi connectivity index (χ1) is 12.8. The summed E-state index contributed by atoms with van der Waals surface area (Å²) in [6.07, 6.45) is 10.6. The number of likely N-dealkylation sites (tertiary alicyclic amines) is 2. The maximum Gasteiger partial charge on any atom is 0.227 e. The van der Waals surface area contributed by atoms with Gasteiger partial charge in [-0.3, -0.25) is 19.7 Å². The summed E-state index contributed by atoms with van der Waals surface area (Å²) in [5.41, 5.74) is 3.26. The van der Waals surface area contributed by atoms with Crippen molar-refractivity contribution in [2.75, 3.05) is 19.6 Å². The second kappa shape index (κ2) is 7.96. The molecule has 4 heterocycles. The fourth-order valence-electron chi connectivity index (χ4n) is 4.08. The lowest BCUT2D eigenvalue weighted by atomic mass is 10.1. The Bertz CT molecular complexity index is 725. The fraction of sp³-hybridized carbons (Fsp3) is 0.476. The maximum atomic E-state index is 12.8. The van der Waals surface area contributed by atoms with Gasteiger partial charge in [-0.25, -0.2) is 0 Å². The second-order valence-electron chi connectivity index (χ2n) is 7.36. The predicted octanol–water partition coefficient (Wildman–Crippen LogP) is 2.98. The summed E-state index contributed by atoms with van der Waals surface area (Å²) in [5, 5.41) is 0. The van der Waals surface area contributed by atoms with Gasteiger partial charge in [-0.05, 0) is 62.0 Å². The normalized spacial score (nSPS) is 20.6. The van der Waals surface area contributed by atoms with Gasteiger partial charge in [0.05, 0.1) is 18.2 Å². The molecule has 4 rings (SSSR count). The van der Waals surface area contributed by atoms with E-state index in [0.29, 0.717) is 6.42 Å². The average Bonchev–Trinajstić information content (AvgIpc) is 3.35. The van der Waals surface area contributed by atoms with E-state index in [1.807, 2.05) is 23.2 Å². The van der Waals surface area contributed by atoms with Gasteiger partial charge in [0, 0.05) is 31.7 Å². The van der Waals surface area contributed by atoms with E-state index in [2.05, 4.69) is 22.0 Å². The zero-order valence-corrected chi connectivity index (χ0v) is 15.2. The minimum Gasteiger partial charge on any atom is -0.334 e. The van der Waals surface area contributed by atoms with Crippen molar-refractivity contribution in [2.24, 2.45) is 0 Å². The molecule has 2 fully saturated rings. The molecule has 5 nitrogen and oxygen atoms in total. The van der Waals surface area contributed by atoms with Crippen LogP contribution in [0.1, 0.15) is 48.5 Å². The van der Waals surface area contributed by atoms with Crippen molar-refractivity contribution in [3.05, 3.63) is 59.7 Å². The van der Waals surface area contributed by atoms with E-state index in [1.165, 1.54) is 31.5 Å². The molecule has 0 bridgehead atoms. The summed E-state index contributed by atoms with van der Waals surface area (Å²) in [4.78, 5) is 26.1. The zero-order chi connectivity index (χ0) is 17.8. The number of nitrogens with zero attached hydrogens (tertiary/aromatic N) is 4. The lowest BCUT2D eigenvalue weighted by Crippen LogP contribution is -2.32. The third-order valence-electron chi connectivity index (χ3n) is 5.45. The molecule has 2 aromatic heterocycles. The Balaban J connectivity index is 1.41. The third kappa shape index (κ3) is 3.93. The molecule has 0 spiro atoms. The number of carbonyl (C=O) groups excluding carboxylic acids is 1. The van der Waals surface area contributed by atoms with Gasteiger partial charge in [0.1, 0.15) is 0 Å². The molecule has 2 saturated heterocycles. The van der Waals surface area contributed by atoms with Crippen molar-refractivity contribution in [3.8, 4) is 0 Å². The predicted molar refractivity (Wildman–Crippen MR) is 100 cm³/mol.